The largest absolute Gasteiger partial charge is 0 e. The monoisotopic (exact) mass is 1180 g/mol. The average Bonchev–Trinajstić information content (AvgIpc) is 1.38. The minimum absolute atomic E-state index is 0. The van der Waals surface area contributed by atoms with Crippen LogP contribution in [-0.2, 0) is 17.1 Å². The normalized spacial score (nSPS) is 13.2. The van der Waals surface area contributed by atoms with Crippen LogP contribution in [0.4, 0.5) is 25.2 Å². The third-order valence-corrected chi connectivity index (χ3v) is 14.6. The molecule has 0 bridgehead atoms. The molecule has 0 amide bonds. The number of benzene rings is 12. The fourth-order valence-corrected chi connectivity index (χ4v) is 10.8. The summed E-state index contributed by atoms with van der Waals surface area (Å²) in [6, 6.07) is 80.8. The molecule has 421 valence electrons. The van der Waals surface area contributed by atoms with Gasteiger partial charge in [-0.3, -0.25) is 9.98 Å². The molecule has 0 aliphatic heterocycles. The number of phenolic OH excluding ortho intramolecular Hbond substituents is 2. The van der Waals surface area contributed by atoms with Crippen molar-refractivity contribution in [3.8, 4) is 67.5 Å². The molecule has 84 heavy (non-hydrogen) atoms. The predicted molar refractivity (Wildman–Crippen MR) is 328 cm³/mol. The number of fused-ring (bicyclic) bond motifs is 4. The quantitative estimate of drug-likeness (QED) is 0.0521. The molecule has 0 fully saturated rings. The van der Waals surface area contributed by atoms with E-state index in [0.29, 0.717) is 22.6 Å². The number of halogens is 6. The van der Waals surface area contributed by atoms with Crippen molar-refractivity contribution in [3.63, 3.8) is 0 Å². The van der Waals surface area contributed by atoms with Crippen molar-refractivity contribution in [2.75, 3.05) is 14.2 Å². The van der Waals surface area contributed by atoms with Crippen LogP contribution in [0.15, 0.2) is 253 Å². The minimum atomic E-state index is -10.7. The van der Waals surface area contributed by atoms with E-state index in [2.05, 4.69) is 109 Å². The van der Waals surface area contributed by atoms with E-state index in [1.807, 2.05) is 133 Å². The summed E-state index contributed by atoms with van der Waals surface area (Å²) in [6.07, 6.45) is 3.58. The van der Waals surface area contributed by atoms with E-state index >= 15 is 0 Å². The van der Waals surface area contributed by atoms with E-state index in [-0.39, 0.29) is 28.6 Å². The van der Waals surface area contributed by atoms with Crippen molar-refractivity contribution >= 4 is 63.3 Å². The van der Waals surface area contributed by atoms with Crippen LogP contribution in [0.1, 0.15) is 34.3 Å². The topological polar surface area (TPSA) is 83.6 Å². The van der Waals surface area contributed by atoms with E-state index in [1.165, 1.54) is 0 Å². The zero-order chi connectivity index (χ0) is 57.9. The van der Waals surface area contributed by atoms with Gasteiger partial charge in [0.15, 0.2) is 0 Å². The van der Waals surface area contributed by atoms with Gasteiger partial charge in [-0.1, -0.05) is 206 Å². The molecule has 14 heteroatoms. The molecule has 0 spiro atoms. The molecule has 0 aliphatic rings. The molecule has 12 aromatic carbocycles. The standard InChI is InChI=1S/C70H52N2O4.F6P.Mn/c1-75-55-35-29-49(30-36-55)67(71-43-53-41-51-23-11-15-27-59(51)65(69(53)73)63-57-25-13-9-21-47(57)33-39-61(63)45-17-5-3-6-18-45)68(50-31-37-56(76-2)38-32-50)72-44-54-42-52-24-12-16-28-60(52)66(70(54)74)64-58-26-14-10-22-48(58)34-40-62(64)46-19-7-4-8-20-46;1-7(2,3,4,5)6;/h3-44,67-68,73-74H,1-2H3;;/q;-1;/t67-,68-;;/m0../s1. The molecule has 0 aromatic heterocycles. The van der Waals surface area contributed by atoms with Crippen LogP contribution >= 0.6 is 7.81 Å². The molecule has 12 rings (SSSR count). The molecule has 0 saturated carbocycles. The summed E-state index contributed by atoms with van der Waals surface area (Å²) >= 11 is 0. The van der Waals surface area contributed by atoms with Crippen LogP contribution < -0.4 is 9.47 Å². The van der Waals surface area contributed by atoms with Crippen LogP contribution in [-0.4, -0.2) is 36.9 Å². The van der Waals surface area contributed by atoms with Gasteiger partial charge in [0.05, 0.1) is 14.2 Å². The summed E-state index contributed by atoms with van der Waals surface area (Å²) in [4.78, 5) is 11.0. The molecule has 2 N–H and O–H groups in total. The van der Waals surface area contributed by atoms with Gasteiger partial charge in [-0.25, -0.2) is 0 Å². The zero-order valence-corrected chi connectivity index (χ0v) is 47.2. The maximum absolute atomic E-state index is 12.9. The Morgan fingerprint density at radius 1 is 0.369 bits per heavy atom. The molecule has 0 unspecified atom stereocenters. The summed E-state index contributed by atoms with van der Waals surface area (Å²) in [6.45, 7) is 0. The Morgan fingerprint density at radius 3 is 1.00 bits per heavy atom. The Morgan fingerprint density at radius 2 is 0.667 bits per heavy atom. The summed E-state index contributed by atoms with van der Waals surface area (Å²) in [5.41, 5.74) is 10.3. The summed E-state index contributed by atoms with van der Waals surface area (Å²) in [7, 11) is -7.35. The number of aliphatic imine (C=N–C) groups is 2. The van der Waals surface area contributed by atoms with E-state index in [4.69, 9.17) is 19.5 Å². The molecule has 6 nitrogen and oxygen atoms in total. The number of methoxy groups -OCH3 is 2. The van der Waals surface area contributed by atoms with Gasteiger partial charge in [0.25, 0.3) is 0 Å². The third-order valence-electron chi connectivity index (χ3n) is 14.6. The summed E-state index contributed by atoms with van der Waals surface area (Å²) in [5, 5.41) is 33.8. The number of ether oxygens (including phenoxy) is 2. The first-order valence-corrected chi connectivity index (χ1v) is 28.5. The second-order valence-electron chi connectivity index (χ2n) is 19.9. The smallest absolute Gasteiger partial charge is 0 e. The number of nitrogens with zero attached hydrogens (tertiary/aromatic N) is 2. The van der Waals surface area contributed by atoms with Crippen LogP contribution in [0.3, 0.4) is 0 Å². The number of hydrogen-bond acceptors (Lipinski definition) is 6. The van der Waals surface area contributed by atoms with Gasteiger partial charge in [0.1, 0.15) is 35.1 Å². The molecular formula is C70H52F6MnN2O4P-. The van der Waals surface area contributed by atoms with E-state index < -0.39 is 19.9 Å². The molecular weight excluding hydrogens is 1130 g/mol. The third kappa shape index (κ3) is 12.8. The van der Waals surface area contributed by atoms with Crippen LogP contribution in [0.2, 0.25) is 0 Å². The van der Waals surface area contributed by atoms with Crippen molar-refractivity contribution in [1.29, 1.82) is 0 Å². The molecule has 0 heterocycles. The second-order valence-corrected chi connectivity index (χ2v) is 21.8. The van der Waals surface area contributed by atoms with E-state index in [9.17, 15) is 35.4 Å². The predicted octanol–water partition coefficient (Wildman–Crippen LogP) is 20.8. The van der Waals surface area contributed by atoms with Gasteiger partial charge in [-0.2, -0.15) is 0 Å². The Kier molecular flexibility index (Phi) is 16.0. The maximum Gasteiger partial charge on any atom is 0 e. The van der Waals surface area contributed by atoms with Crippen LogP contribution in [0, 0.1) is 0 Å². The van der Waals surface area contributed by atoms with Crippen molar-refractivity contribution in [2.24, 2.45) is 9.98 Å². The second kappa shape index (κ2) is 23.2. The molecule has 0 aliphatic carbocycles. The molecule has 2 atom stereocenters. The Balaban J connectivity index is 0.000000926. The first-order valence-electron chi connectivity index (χ1n) is 26.5. The number of phenols is 2. The van der Waals surface area contributed by atoms with Crippen molar-refractivity contribution in [2.45, 2.75) is 12.1 Å². The zero-order valence-electron chi connectivity index (χ0n) is 45.1. The Bertz CT molecular complexity index is 4160. The van der Waals surface area contributed by atoms with Gasteiger partial charge in [0.2, 0.25) is 0 Å². The van der Waals surface area contributed by atoms with Crippen LogP contribution in [0.5, 0.6) is 23.0 Å². The van der Waals surface area contributed by atoms with Gasteiger partial charge >= 0.3 is 33.0 Å². The molecule has 1 radical (unpaired) electrons. The van der Waals surface area contributed by atoms with E-state index in [0.717, 1.165) is 98.7 Å². The van der Waals surface area contributed by atoms with E-state index in [1.54, 1.807) is 26.6 Å². The fourth-order valence-electron chi connectivity index (χ4n) is 10.8. The first-order chi connectivity index (χ1) is 39.9. The SMILES string of the molecule is COc1ccc([C@H](N=Cc2cc3ccccc3c(-c3c(-c4ccccc4)ccc4ccccc34)c2O)[C@@H](N=Cc2cc3ccccc3c(-c3c(-c4ccccc4)ccc4ccccc34)c2O)c2ccc(OC)cc2)cc1.F[P-](F)(F)(F)(F)F.[Mn]. The minimum Gasteiger partial charge on any atom is 0 e. The first kappa shape index (κ1) is 58.0. The van der Waals surface area contributed by atoms with Gasteiger partial charge in [0, 0.05) is 62.9 Å². The summed E-state index contributed by atoms with van der Waals surface area (Å²) in [5.74, 6) is 1.64. The van der Waals surface area contributed by atoms with Gasteiger partial charge < -0.3 is 19.7 Å². The summed E-state index contributed by atoms with van der Waals surface area (Å²) < 4.78 is 70.5. The average molecular weight is 1190 g/mol. The van der Waals surface area contributed by atoms with Gasteiger partial charge in [-0.15, -0.1) is 0 Å². The number of hydrogen-bond donors (Lipinski definition) is 2. The Labute approximate surface area is 491 Å². The number of rotatable bonds is 13. The van der Waals surface area contributed by atoms with Gasteiger partial charge in [-0.05, 0) is 113 Å². The molecule has 12 aromatic rings. The maximum atomic E-state index is 12.9. The van der Waals surface area contributed by atoms with Crippen molar-refractivity contribution < 1.29 is 61.9 Å². The molecule has 0 saturated heterocycles. The van der Waals surface area contributed by atoms with Crippen LogP contribution in [0.25, 0.3) is 87.6 Å². The van der Waals surface area contributed by atoms with Crippen molar-refractivity contribution in [3.05, 3.63) is 265 Å². The fraction of sp³-hybridized carbons (Fsp3) is 0.0571. The van der Waals surface area contributed by atoms with Crippen molar-refractivity contribution in [1.82, 2.24) is 0 Å². The Hall–Kier alpha value is -9.25. The number of aromatic hydroxyl groups is 2.